The summed E-state index contributed by atoms with van der Waals surface area (Å²) >= 11 is 1.44. The highest BCUT2D eigenvalue weighted by atomic mass is 32.1. The zero-order valence-corrected chi connectivity index (χ0v) is 16.1. The number of aromatic nitrogens is 2. The molecular formula is C19H26N4O2S. The fourth-order valence-electron chi connectivity index (χ4n) is 3.93. The maximum absolute atomic E-state index is 12.8. The number of esters is 1. The van der Waals surface area contributed by atoms with Crippen molar-refractivity contribution < 1.29 is 9.53 Å². The van der Waals surface area contributed by atoms with Gasteiger partial charge in [-0.25, -0.2) is 14.8 Å². The molecule has 0 aromatic carbocycles. The van der Waals surface area contributed by atoms with E-state index in [0.717, 1.165) is 79.9 Å². The summed E-state index contributed by atoms with van der Waals surface area (Å²) in [4.78, 5) is 25.6. The molecule has 2 aromatic rings. The van der Waals surface area contributed by atoms with Gasteiger partial charge in [0.1, 0.15) is 28.0 Å². The van der Waals surface area contributed by atoms with Crippen LogP contribution in [-0.4, -0.2) is 48.2 Å². The monoisotopic (exact) mass is 374 g/mol. The summed E-state index contributed by atoms with van der Waals surface area (Å²) in [6.07, 6.45) is 8.31. The Morgan fingerprint density at radius 3 is 2.88 bits per heavy atom. The van der Waals surface area contributed by atoms with E-state index < -0.39 is 0 Å². The van der Waals surface area contributed by atoms with Crippen LogP contribution in [0.5, 0.6) is 0 Å². The fourth-order valence-corrected chi connectivity index (χ4v) is 4.96. The van der Waals surface area contributed by atoms with Crippen molar-refractivity contribution in [2.75, 3.05) is 31.1 Å². The first-order valence-electron chi connectivity index (χ1n) is 9.65. The van der Waals surface area contributed by atoms with Gasteiger partial charge in [0.15, 0.2) is 0 Å². The van der Waals surface area contributed by atoms with Crippen molar-refractivity contribution in [3.8, 4) is 0 Å². The Kier molecular flexibility index (Phi) is 5.36. The summed E-state index contributed by atoms with van der Waals surface area (Å²) in [5.74, 6) is 0.755. The summed E-state index contributed by atoms with van der Waals surface area (Å²) in [7, 11) is 0. The summed E-state index contributed by atoms with van der Waals surface area (Å²) in [6.45, 7) is 5.87. The molecular weight excluding hydrogens is 348 g/mol. The number of fused-ring (bicyclic) bond motifs is 1. The van der Waals surface area contributed by atoms with Gasteiger partial charge in [0.05, 0.1) is 5.39 Å². The van der Waals surface area contributed by atoms with Crippen molar-refractivity contribution in [1.82, 2.24) is 15.3 Å². The van der Waals surface area contributed by atoms with Crippen molar-refractivity contribution in [1.29, 1.82) is 0 Å². The van der Waals surface area contributed by atoms with Gasteiger partial charge in [-0.05, 0) is 51.1 Å². The van der Waals surface area contributed by atoms with E-state index in [1.165, 1.54) is 17.8 Å². The van der Waals surface area contributed by atoms with E-state index in [4.69, 9.17) is 4.74 Å². The lowest BCUT2D eigenvalue weighted by Gasteiger charge is -2.22. The summed E-state index contributed by atoms with van der Waals surface area (Å²) in [5.41, 5.74) is 0.957. The van der Waals surface area contributed by atoms with Crippen LogP contribution in [0.1, 0.15) is 53.8 Å². The molecule has 1 N–H and O–H groups in total. The highest BCUT2D eigenvalue weighted by Gasteiger charge is 2.25. The van der Waals surface area contributed by atoms with E-state index in [-0.39, 0.29) is 12.1 Å². The van der Waals surface area contributed by atoms with Gasteiger partial charge in [-0.2, -0.15) is 0 Å². The van der Waals surface area contributed by atoms with Crippen LogP contribution < -0.4 is 10.2 Å². The van der Waals surface area contributed by atoms with Crippen molar-refractivity contribution >= 4 is 33.3 Å². The lowest BCUT2D eigenvalue weighted by Crippen LogP contribution is -2.28. The maximum atomic E-state index is 12.8. The summed E-state index contributed by atoms with van der Waals surface area (Å²) in [5, 5.41) is 4.43. The molecule has 26 heavy (non-hydrogen) atoms. The molecule has 0 amide bonds. The van der Waals surface area contributed by atoms with Gasteiger partial charge in [-0.3, -0.25) is 0 Å². The molecule has 1 saturated carbocycles. The van der Waals surface area contributed by atoms with E-state index in [9.17, 15) is 4.79 Å². The molecule has 0 radical (unpaired) electrons. The third-order valence-electron chi connectivity index (χ3n) is 5.36. The predicted octanol–water partition coefficient (Wildman–Crippen LogP) is 3.29. The maximum Gasteiger partial charge on any atom is 0.348 e. The molecule has 0 atom stereocenters. The average molecular weight is 375 g/mol. The molecule has 1 saturated heterocycles. The lowest BCUT2D eigenvalue weighted by molar-refractivity contribution is 0.0216. The molecule has 2 aromatic heterocycles. The second-order valence-corrected chi connectivity index (χ2v) is 8.19. The molecule has 2 fully saturated rings. The van der Waals surface area contributed by atoms with Crippen molar-refractivity contribution in [3.63, 3.8) is 0 Å². The second-order valence-electron chi connectivity index (χ2n) is 7.19. The molecule has 1 aliphatic heterocycles. The van der Waals surface area contributed by atoms with Crippen molar-refractivity contribution in [2.45, 2.75) is 51.6 Å². The van der Waals surface area contributed by atoms with E-state index in [1.54, 1.807) is 6.33 Å². The van der Waals surface area contributed by atoms with Crippen LogP contribution in [0.15, 0.2) is 6.33 Å². The van der Waals surface area contributed by atoms with Gasteiger partial charge in [0.2, 0.25) is 0 Å². The van der Waals surface area contributed by atoms with E-state index >= 15 is 0 Å². The number of carbonyl (C=O) groups excluding carboxylic acids is 1. The topological polar surface area (TPSA) is 67.3 Å². The highest BCUT2D eigenvalue weighted by Crippen LogP contribution is 2.36. The number of ether oxygens (including phenoxy) is 1. The number of nitrogens with zero attached hydrogens (tertiary/aromatic N) is 3. The van der Waals surface area contributed by atoms with Crippen LogP contribution in [0.3, 0.4) is 0 Å². The van der Waals surface area contributed by atoms with Gasteiger partial charge in [-0.1, -0.05) is 6.42 Å². The Labute approximate surface area is 158 Å². The minimum Gasteiger partial charge on any atom is -0.458 e. The zero-order chi connectivity index (χ0) is 17.9. The average Bonchev–Trinajstić information content (AvgIpc) is 2.84. The fraction of sp³-hybridized carbons (Fsp3) is 0.632. The van der Waals surface area contributed by atoms with Gasteiger partial charge in [0.25, 0.3) is 0 Å². The molecule has 140 valence electrons. The number of hydrogen-bond acceptors (Lipinski definition) is 7. The van der Waals surface area contributed by atoms with E-state index in [1.807, 2.05) is 6.92 Å². The Balaban J connectivity index is 1.63. The quantitative estimate of drug-likeness (QED) is 0.832. The number of hydrogen-bond donors (Lipinski definition) is 1. The van der Waals surface area contributed by atoms with Crippen molar-refractivity contribution in [3.05, 3.63) is 16.8 Å². The Morgan fingerprint density at radius 2 is 2.04 bits per heavy atom. The number of nitrogens with one attached hydrogen (secondary N) is 1. The zero-order valence-electron chi connectivity index (χ0n) is 15.3. The molecule has 0 bridgehead atoms. The molecule has 7 heteroatoms. The van der Waals surface area contributed by atoms with Crippen LogP contribution >= 0.6 is 11.3 Å². The molecule has 2 aliphatic rings. The normalized spacial score (nSPS) is 19.5. The van der Waals surface area contributed by atoms with Gasteiger partial charge >= 0.3 is 5.97 Å². The molecule has 0 unspecified atom stereocenters. The Hall–Kier alpha value is -1.73. The second kappa shape index (κ2) is 7.88. The standard InChI is InChI=1S/C19H26N4O2S/c1-13-15-17(23-10-5-8-20-9-11-23)21-12-22-18(15)26-16(13)19(24)25-14-6-3-2-4-7-14/h12,14,20H,2-11H2,1H3. The number of thiophene rings is 1. The van der Waals surface area contributed by atoms with Gasteiger partial charge < -0.3 is 15.0 Å². The smallest absolute Gasteiger partial charge is 0.348 e. The lowest BCUT2D eigenvalue weighted by atomic mass is 9.98. The SMILES string of the molecule is Cc1c(C(=O)OC2CCCCC2)sc2ncnc(N3CCCNCC3)c12. The van der Waals surface area contributed by atoms with Crippen LogP contribution in [-0.2, 0) is 4.74 Å². The van der Waals surface area contributed by atoms with Crippen LogP contribution in [0.25, 0.3) is 10.2 Å². The molecule has 6 nitrogen and oxygen atoms in total. The van der Waals surface area contributed by atoms with Gasteiger partial charge in [-0.15, -0.1) is 11.3 Å². The van der Waals surface area contributed by atoms with E-state index in [2.05, 4.69) is 20.2 Å². The number of aryl methyl sites for hydroxylation is 1. The number of anilines is 1. The van der Waals surface area contributed by atoms with E-state index in [0.29, 0.717) is 4.88 Å². The number of carbonyl (C=O) groups is 1. The highest BCUT2D eigenvalue weighted by molar-refractivity contribution is 7.20. The molecule has 3 heterocycles. The Bertz CT molecular complexity index is 777. The first-order chi connectivity index (χ1) is 12.7. The number of rotatable bonds is 3. The Morgan fingerprint density at radius 1 is 1.19 bits per heavy atom. The van der Waals surface area contributed by atoms with Crippen LogP contribution in [0.2, 0.25) is 0 Å². The summed E-state index contributed by atoms with van der Waals surface area (Å²) < 4.78 is 5.79. The third kappa shape index (κ3) is 3.55. The van der Waals surface area contributed by atoms with Crippen LogP contribution in [0.4, 0.5) is 5.82 Å². The third-order valence-corrected chi connectivity index (χ3v) is 6.54. The largest absolute Gasteiger partial charge is 0.458 e. The van der Waals surface area contributed by atoms with Gasteiger partial charge in [0, 0.05) is 19.6 Å². The van der Waals surface area contributed by atoms with Crippen molar-refractivity contribution in [2.24, 2.45) is 0 Å². The molecule has 4 rings (SSSR count). The predicted molar refractivity (Wildman–Crippen MR) is 104 cm³/mol. The first-order valence-corrected chi connectivity index (χ1v) is 10.5. The molecule has 1 aliphatic carbocycles. The van der Waals surface area contributed by atoms with Crippen LogP contribution in [0, 0.1) is 6.92 Å². The minimum absolute atomic E-state index is 0.0723. The molecule has 0 spiro atoms. The first kappa shape index (κ1) is 17.7. The minimum atomic E-state index is -0.194. The summed E-state index contributed by atoms with van der Waals surface area (Å²) in [6, 6.07) is 0.